The first-order chi connectivity index (χ1) is 10.7. The number of carboxylic acid groups (broad SMARTS) is 1. The number of hydrogen-bond donors (Lipinski definition) is 1. The van der Waals surface area contributed by atoms with Gasteiger partial charge in [-0.1, -0.05) is 0 Å². The fourth-order valence-electron chi connectivity index (χ4n) is 2.41. The van der Waals surface area contributed by atoms with Gasteiger partial charge in [-0.2, -0.15) is 13.2 Å². The molecule has 0 saturated carbocycles. The minimum Gasteiger partial charge on any atom is -0.465 e. The number of alkyl halides is 3. The van der Waals surface area contributed by atoms with Gasteiger partial charge in [0, 0.05) is 44.0 Å². The molecule has 1 aromatic rings. The van der Waals surface area contributed by atoms with Crippen molar-refractivity contribution in [1.29, 1.82) is 0 Å². The van der Waals surface area contributed by atoms with Crippen molar-refractivity contribution in [2.75, 3.05) is 31.1 Å². The SMILES string of the molecule is O=C(O)N1CCCN(c2cc([N+](=O)[O-])cc(C(F)(F)F)c2)CC1. The van der Waals surface area contributed by atoms with Gasteiger partial charge in [0.05, 0.1) is 10.5 Å². The van der Waals surface area contributed by atoms with Crippen molar-refractivity contribution in [3.05, 3.63) is 33.9 Å². The third-order valence-electron chi connectivity index (χ3n) is 3.57. The number of rotatable bonds is 2. The molecule has 0 bridgehead atoms. The lowest BCUT2D eigenvalue weighted by molar-refractivity contribution is -0.385. The van der Waals surface area contributed by atoms with Crippen molar-refractivity contribution >= 4 is 17.5 Å². The first-order valence-electron chi connectivity index (χ1n) is 6.78. The maximum Gasteiger partial charge on any atom is 0.416 e. The van der Waals surface area contributed by atoms with Gasteiger partial charge in [0.2, 0.25) is 0 Å². The summed E-state index contributed by atoms with van der Waals surface area (Å²) in [7, 11) is 0. The lowest BCUT2D eigenvalue weighted by Gasteiger charge is -2.23. The Morgan fingerprint density at radius 2 is 1.87 bits per heavy atom. The average Bonchev–Trinajstić information content (AvgIpc) is 2.71. The summed E-state index contributed by atoms with van der Waals surface area (Å²) < 4.78 is 38.7. The molecule has 1 amide bonds. The van der Waals surface area contributed by atoms with Crippen LogP contribution in [0, 0.1) is 10.1 Å². The molecular weight excluding hydrogens is 319 g/mol. The van der Waals surface area contributed by atoms with E-state index in [9.17, 15) is 28.1 Å². The molecule has 1 aliphatic heterocycles. The summed E-state index contributed by atoms with van der Waals surface area (Å²) in [5.74, 6) is 0. The van der Waals surface area contributed by atoms with Crippen LogP contribution in [0.15, 0.2) is 18.2 Å². The Labute approximate surface area is 129 Å². The Balaban J connectivity index is 2.33. The molecule has 7 nitrogen and oxygen atoms in total. The largest absolute Gasteiger partial charge is 0.465 e. The molecule has 0 unspecified atom stereocenters. The number of anilines is 1. The number of non-ortho nitro benzene ring substituents is 1. The fourth-order valence-corrected chi connectivity index (χ4v) is 2.41. The Morgan fingerprint density at radius 1 is 1.17 bits per heavy atom. The van der Waals surface area contributed by atoms with Crippen molar-refractivity contribution in [2.24, 2.45) is 0 Å². The van der Waals surface area contributed by atoms with Crippen LogP contribution in [0.2, 0.25) is 0 Å². The van der Waals surface area contributed by atoms with E-state index in [-0.39, 0.29) is 25.3 Å². The fraction of sp³-hybridized carbons (Fsp3) is 0.462. The third-order valence-corrected chi connectivity index (χ3v) is 3.57. The first-order valence-corrected chi connectivity index (χ1v) is 6.78. The molecule has 0 aliphatic carbocycles. The highest BCUT2D eigenvalue weighted by molar-refractivity contribution is 5.65. The van der Waals surface area contributed by atoms with Crippen molar-refractivity contribution < 1.29 is 28.0 Å². The maximum atomic E-state index is 12.9. The lowest BCUT2D eigenvalue weighted by atomic mass is 10.1. The predicted octanol–water partition coefficient (Wildman–Crippen LogP) is 2.80. The molecule has 23 heavy (non-hydrogen) atoms. The summed E-state index contributed by atoms with van der Waals surface area (Å²) >= 11 is 0. The molecule has 0 radical (unpaired) electrons. The van der Waals surface area contributed by atoms with Crippen LogP contribution in [0.1, 0.15) is 12.0 Å². The summed E-state index contributed by atoms with van der Waals surface area (Å²) in [6, 6.07) is 2.42. The van der Waals surface area contributed by atoms with E-state index in [0.29, 0.717) is 19.0 Å². The van der Waals surface area contributed by atoms with Gasteiger partial charge in [-0.05, 0) is 12.5 Å². The van der Waals surface area contributed by atoms with Crippen molar-refractivity contribution in [1.82, 2.24) is 4.90 Å². The average molecular weight is 333 g/mol. The number of nitro groups is 1. The highest BCUT2D eigenvalue weighted by Crippen LogP contribution is 2.35. The van der Waals surface area contributed by atoms with Crippen LogP contribution in [0.25, 0.3) is 0 Å². The molecule has 1 aromatic carbocycles. The number of benzene rings is 1. The van der Waals surface area contributed by atoms with Crippen LogP contribution in [0.4, 0.5) is 29.3 Å². The second kappa shape index (κ2) is 6.31. The van der Waals surface area contributed by atoms with Crippen LogP contribution >= 0.6 is 0 Å². The van der Waals surface area contributed by atoms with Gasteiger partial charge in [0.1, 0.15) is 0 Å². The van der Waals surface area contributed by atoms with Crippen LogP contribution in [0.5, 0.6) is 0 Å². The third kappa shape index (κ3) is 4.02. The molecule has 1 aliphatic rings. The summed E-state index contributed by atoms with van der Waals surface area (Å²) in [5.41, 5.74) is -1.67. The van der Waals surface area contributed by atoms with Gasteiger partial charge in [-0.25, -0.2) is 4.79 Å². The van der Waals surface area contributed by atoms with Crippen molar-refractivity contribution in [3.8, 4) is 0 Å². The van der Waals surface area contributed by atoms with E-state index in [0.717, 1.165) is 12.1 Å². The number of halogens is 3. The van der Waals surface area contributed by atoms with E-state index in [1.54, 1.807) is 0 Å². The minimum absolute atomic E-state index is 0.0683. The van der Waals surface area contributed by atoms with Crippen LogP contribution in [-0.4, -0.2) is 47.2 Å². The zero-order valence-electron chi connectivity index (χ0n) is 11.9. The number of hydrogen-bond acceptors (Lipinski definition) is 4. The van der Waals surface area contributed by atoms with Gasteiger partial charge < -0.3 is 14.9 Å². The van der Waals surface area contributed by atoms with Gasteiger partial charge in [0.25, 0.3) is 5.69 Å². The van der Waals surface area contributed by atoms with E-state index in [1.165, 1.54) is 9.80 Å². The number of amides is 1. The molecule has 1 heterocycles. The molecular formula is C13H14F3N3O4. The number of nitrogens with zero attached hydrogens (tertiary/aromatic N) is 3. The molecule has 10 heteroatoms. The monoisotopic (exact) mass is 333 g/mol. The second-order valence-electron chi connectivity index (χ2n) is 5.10. The molecule has 126 valence electrons. The first kappa shape index (κ1) is 16.8. The van der Waals surface area contributed by atoms with E-state index in [2.05, 4.69) is 0 Å². The molecule has 1 fully saturated rings. The molecule has 2 rings (SSSR count). The zero-order chi connectivity index (χ0) is 17.2. The molecule has 0 aromatic heterocycles. The summed E-state index contributed by atoms with van der Waals surface area (Å²) in [6.45, 7) is 0.888. The summed E-state index contributed by atoms with van der Waals surface area (Å²) in [6.07, 6.45) is -5.36. The lowest BCUT2D eigenvalue weighted by Crippen LogP contribution is -2.34. The highest BCUT2D eigenvalue weighted by Gasteiger charge is 2.33. The quantitative estimate of drug-likeness (QED) is 0.664. The zero-order valence-corrected chi connectivity index (χ0v) is 11.9. The maximum absolute atomic E-state index is 12.9. The van der Waals surface area contributed by atoms with Crippen molar-refractivity contribution in [2.45, 2.75) is 12.6 Å². The molecule has 1 N–H and O–H groups in total. The van der Waals surface area contributed by atoms with Gasteiger partial charge >= 0.3 is 12.3 Å². The number of carbonyl (C=O) groups is 1. The van der Waals surface area contributed by atoms with E-state index in [4.69, 9.17) is 5.11 Å². The number of nitro benzene ring substituents is 1. The smallest absolute Gasteiger partial charge is 0.416 e. The van der Waals surface area contributed by atoms with Gasteiger partial charge in [-0.15, -0.1) is 0 Å². The van der Waals surface area contributed by atoms with E-state index >= 15 is 0 Å². The summed E-state index contributed by atoms with van der Waals surface area (Å²) in [5, 5.41) is 19.8. The Hall–Kier alpha value is -2.52. The second-order valence-corrected chi connectivity index (χ2v) is 5.10. The van der Waals surface area contributed by atoms with E-state index in [1.807, 2.05) is 0 Å². The normalized spacial score (nSPS) is 16.1. The van der Waals surface area contributed by atoms with Crippen LogP contribution in [-0.2, 0) is 6.18 Å². The highest BCUT2D eigenvalue weighted by atomic mass is 19.4. The Morgan fingerprint density at radius 3 is 2.43 bits per heavy atom. The van der Waals surface area contributed by atoms with Crippen LogP contribution in [0.3, 0.4) is 0 Å². The van der Waals surface area contributed by atoms with Crippen molar-refractivity contribution in [3.63, 3.8) is 0 Å². The Kier molecular flexibility index (Phi) is 4.62. The Bertz CT molecular complexity index is 621. The predicted molar refractivity (Wildman–Crippen MR) is 74.5 cm³/mol. The molecule has 1 saturated heterocycles. The summed E-state index contributed by atoms with van der Waals surface area (Å²) in [4.78, 5) is 23.6. The molecule has 0 spiro atoms. The van der Waals surface area contributed by atoms with Gasteiger partial charge in [-0.3, -0.25) is 10.1 Å². The minimum atomic E-state index is -4.69. The standard InChI is InChI=1S/C13H14F3N3O4/c14-13(15,16)9-6-10(8-11(7-9)19(22)23)17-2-1-3-18(5-4-17)12(20)21/h6-8H,1-5H2,(H,20,21). The van der Waals surface area contributed by atoms with Gasteiger partial charge in [0.15, 0.2) is 0 Å². The van der Waals surface area contributed by atoms with E-state index < -0.39 is 28.4 Å². The van der Waals surface area contributed by atoms with Crippen LogP contribution < -0.4 is 4.90 Å². The molecule has 0 atom stereocenters. The topological polar surface area (TPSA) is 86.9 Å².